The van der Waals surface area contributed by atoms with Crippen LogP contribution in [0.15, 0.2) is 30.6 Å². The first-order valence-corrected chi connectivity index (χ1v) is 15.7. The number of carbonyl (C=O) groups is 2. The van der Waals surface area contributed by atoms with Gasteiger partial charge in [-0.05, 0) is 12.1 Å². The first kappa shape index (κ1) is 35.6. The van der Waals surface area contributed by atoms with E-state index in [9.17, 15) is 85.6 Å². The molecular formula is C34H22O22. The highest BCUT2D eigenvalue weighted by molar-refractivity contribution is 6.29. The highest BCUT2D eigenvalue weighted by atomic mass is 16.7. The molecule has 0 unspecified atom stereocenters. The highest BCUT2D eigenvalue weighted by Crippen LogP contribution is 2.58. The molecule has 1 saturated heterocycles. The Hall–Kier alpha value is -7.40. The molecule has 6 bridgehead atoms. The largest absolute Gasteiger partial charge is 0.504 e. The van der Waals surface area contributed by atoms with E-state index in [0.29, 0.717) is 12.1 Å². The van der Waals surface area contributed by atoms with E-state index in [1.165, 1.54) is 0 Å². The lowest BCUT2D eigenvalue weighted by molar-refractivity contribution is -0.285. The zero-order valence-electron chi connectivity index (χ0n) is 27.2. The van der Waals surface area contributed by atoms with E-state index < -0.39 is 184 Å². The predicted octanol–water partition coefficient (Wildman–Crippen LogP) is 0.0152. The van der Waals surface area contributed by atoms with E-state index in [0.717, 1.165) is 0 Å². The summed E-state index contributed by atoms with van der Waals surface area (Å²) >= 11 is 0. The quantitative estimate of drug-likeness (QED) is 0.0418. The van der Waals surface area contributed by atoms with Crippen LogP contribution in [-0.2, 0) is 14.2 Å². The minimum atomic E-state index is -2.28. The summed E-state index contributed by atoms with van der Waals surface area (Å²) in [6, 6.07) is 0.887. The number of hydrogen-bond acceptors (Lipinski definition) is 22. The molecule has 0 spiro atoms. The Labute approximate surface area is 304 Å². The maximum Gasteiger partial charge on any atom is 0.345 e. The Bertz CT molecular complexity index is 2870. The number of aromatic hydroxyl groups is 10. The Morgan fingerprint density at radius 2 is 0.929 bits per heavy atom. The van der Waals surface area contributed by atoms with Gasteiger partial charge in [0, 0.05) is 33.0 Å². The number of benzene rings is 4. The Morgan fingerprint density at radius 1 is 0.500 bits per heavy atom. The minimum absolute atomic E-state index is 0.424. The predicted molar refractivity (Wildman–Crippen MR) is 177 cm³/mol. The first-order valence-electron chi connectivity index (χ1n) is 15.7. The fourth-order valence-corrected chi connectivity index (χ4v) is 7.00. The van der Waals surface area contributed by atoms with Crippen molar-refractivity contribution in [1.29, 1.82) is 0 Å². The van der Waals surface area contributed by atoms with Gasteiger partial charge in [0.1, 0.15) is 24.9 Å². The van der Waals surface area contributed by atoms with Crippen molar-refractivity contribution < 1.29 is 99.0 Å². The van der Waals surface area contributed by atoms with Crippen LogP contribution in [0.25, 0.3) is 55.0 Å². The molecule has 0 radical (unpaired) electrons. The van der Waals surface area contributed by atoms with E-state index in [2.05, 4.69) is 0 Å². The molecule has 1 fully saturated rings. The second-order valence-corrected chi connectivity index (χ2v) is 12.6. The number of aliphatic hydroxyl groups is 3. The molecule has 22 nitrogen and oxygen atoms in total. The number of fused-ring (bicyclic) bond motifs is 5. The number of carbonyl (C=O) groups excluding carboxylic acids is 2. The van der Waals surface area contributed by atoms with Gasteiger partial charge < -0.3 is 89.4 Å². The van der Waals surface area contributed by atoms with Crippen molar-refractivity contribution in [1.82, 2.24) is 0 Å². The second kappa shape index (κ2) is 11.8. The summed E-state index contributed by atoms with van der Waals surface area (Å²) in [6.07, 6.45) is -10.9. The van der Waals surface area contributed by atoms with Crippen molar-refractivity contribution in [2.45, 2.75) is 30.7 Å². The van der Waals surface area contributed by atoms with Crippen molar-refractivity contribution in [2.24, 2.45) is 0 Å². The van der Waals surface area contributed by atoms with Crippen LogP contribution < -0.4 is 11.3 Å². The highest BCUT2D eigenvalue weighted by Gasteiger charge is 2.48. The zero-order valence-corrected chi connectivity index (χ0v) is 27.2. The lowest BCUT2D eigenvalue weighted by Gasteiger charge is -2.40. The summed E-state index contributed by atoms with van der Waals surface area (Å²) in [4.78, 5) is 55.4. The number of cyclic esters (lactones) is 1. The van der Waals surface area contributed by atoms with Gasteiger partial charge in [-0.1, -0.05) is 0 Å². The van der Waals surface area contributed by atoms with Gasteiger partial charge in [0.05, 0.1) is 21.9 Å². The Morgan fingerprint density at radius 3 is 1.39 bits per heavy atom. The molecule has 13 N–H and O–H groups in total. The summed E-state index contributed by atoms with van der Waals surface area (Å²) in [5, 5.41) is 137. The molecule has 0 saturated carbocycles. The number of aliphatic hydroxyl groups excluding tert-OH is 3. The number of phenols is 10. The Kier molecular flexibility index (Phi) is 7.50. The van der Waals surface area contributed by atoms with Gasteiger partial charge >= 0.3 is 23.2 Å². The van der Waals surface area contributed by atoms with E-state index in [1.807, 2.05) is 0 Å². The van der Waals surface area contributed by atoms with Gasteiger partial charge in [0.2, 0.25) is 23.0 Å². The number of hydrogen-bond donors (Lipinski definition) is 13. The molecule has 5 atom stereocenters. The molecule has 2 aromatic heterocycles. The number of phenolic OH excluding ortho intramolecular Hbond substituents is 10. The molecule has 22 heteroatoms. The topological polar surface area (TPSA) is 385 Å². The summed E-state index contributed by atoms with van der Waals surface area (Å²) in [6.45, 7) is -1.15. The SMILES string of the molecule is O=C1OC[C@H]2O[C@@H](O)[C@@H](O)[C@H](O)[C@@H]2OC(=O)c2cc(O)c(O)c(O)c2-c2c(O)c(O)c3oc(=O)c4c(c(O)c(O)c5oc(=O)c2c3c54)-c2c1cc(O)c(O)c2O. The van der Waals surface area contributed by atoms with Crippen molar-refractivity contribution >= 4 is 44.6 Å². The molecule has 4 aromatic carbocycles. The fourth-order valence-electron chi connectivity index (χ4n) is 7.00. The van der Waals surface area contributed by atoms with E-state index in [-0.39, 0.29) is 0 Å². The molecule has 290 valence electrons. The second-order valence-electron chi connectivity index (χ2n) is 12.6. The zero-order chi connectivity index (χ0) is 40.6. The molecule has 0 aliphatic carbocycles. The van der Waals surface area contributed by atoms with E-state index >= 15 is 0 Å². The van der Waals surface area contributed by atoms with Crippen LogP contribution in [0.2, 0.25) is 0 Å². The van der Waals surface area contributed by atoms with Gasteiger partial charge in [0.15, 0.2) is 58.1 Å². The molecule has 4 heterocycles. The molecule has 2 aliphatic rings. The van der Waals surface area contributed by atoms with Crippen LogP contribution in [0.4, 0.5) is 0 Å². The molecular weight excluding hydrogens is 760 g/mol. The van der Waals surface area contributed by atoms with Crippen LogP contribution in [0.3, 0.4) is 0 Å². The maximum absolute atomic E-state index is 14.0. The molecule has 2 aliphatic heterocycles. The lowest BCUT2D eigenvalue weighted by atomic mass is 9.88. The Balaban J connectivity index is 1.62. The molecule has 56 heavy (non-hydrogen) atoms. The van der Waals surface area contributed by atoms with Crippen molar-refractivity contribution in [3.8, 4) is 79.7 Å². The fraction of sp³-hybridized carbons (Fsp3) is 0.176. The summed E-state index contributed by atoms with van der Waals surface area (Å²) in [7, 11) is 0. The molecule has 8 rings (SSSR count). The standard InChI is InChI=1S/C34H22O22/c35-6-1-4-9(19(39)17(6)37)11-15-13-14-16(33(50)56-28(13)23(43)21(11)41)12(22(42)24(44)29(14)55-32(15)49)10-5(2-7(36)18(38)20(10)40)31(48)54-27-8(3-52-30(4)47)53-34(51)26(46)25(27)45/h1-2,8,25-27,34-46,51H,3H2/t8-,25+,26+,27-,34-/m1/s1. The normalized spacial score (nSPS) is 21.3. The summed E-state index contributed by atoms with van der Waals surface area (Å²) in [5.74, 6) is -17.2. The molecule has 6 aromatic rings. The molecule has 0 amide bonds. The van der Waals surface area contributed by atoms with Crippen LogP contribution in [0.5, 0.6) is 57.5 Å². The van der Waals surface area contributed by atoms with Crippen LogP contribution in [0, 0.1) is 0 Å². The van der Waals surface area contributed by atoms with Crippen molar-refractivity contribution in [3.63, 3.8) is 0 Å². The number of rotatable bonds is 0. The van der Waals surface area contributed by atoms with Crippen molar-refractivity contribution in [2.75, 3.05) is 6.61 Å². The third-order valence-electron chi connectivity index (χ3n) is 9.58. The summed E-state index contributed by atoms with van der Waals surface area (Å²) in [5.41, 5.74) is -11.8. The first-order chi connectivity index (χ1) is 26.4. The maximum atomic E-state index is 14.0. The van der Waals surface area contributed by atoms with E-state index in [4.69, 9.17) is 23.0 Å². The van der Waals surface area contributed by atoms with Gasteiger partial charge in [0.25, 0.3) is 0 Å². The van der Waals surface area contributed by atoms with Crippen LogP contribution in [-0.4, -0.2) is 116 Å². The van der Waals surface area contributed by atoms with Gasteiger partial charge in [-0.15, -0.1) is 0 Å². The summed E-state index contributed by atoms with van der Waals surface area (Å²) < 4.78 is 26.3. The number of ether oxygens (including phenoxy) is 3. The number of esters is 2. The van der Waals surface area contributed by atoms with Gasteiger partial charge in [-0.25, -0.2) is 19.2 Å². The third kappa shape index (κ3) is 4.57. The van der Waals surface area contributed by atoms with Gasteiger partial charge in [-0.3, -0.25) is 0 Å². The average Bonchev–Trinajstić information content (AvgIpc) is 3.15. The van der Waals surface area contributed by atoms with E-state index in [1.54, 1.807) is 0 Å². The van der Waals surface area contributed by atoms with Gasteiger partial charge in [-0.2, -0.15) is 0 Å². The van der Waals surface area contributed by atoms with Crippen LogP contribution >= 0.6 is 0 Å². The van der Waals surface area contributed by atoms with Crippen molar-refractivity contribution in [3.05, 3.63) is 44.1 Å². The minimum Gasteiger partial charge on any atom is -0.504 e. The third-order valence-corrected chi connectivity index (χ3v) is 9.58. The van der Waals surface area contributed by atoms with Crippen LogP contribution in [0.1, 0.15) is 20.7 Å². The average molecular weight is 783 g/mol. The smallest absolute Gasteiger partial charge is 0.345 e. The lowest BCUT2D eigenvalue weighted by Crippen LogP contribution is -2.60. The monoisotopic (exact) mass is 782 g/mol.